The van der Waals surface area contributed by atoms with Gasteiger partial charge in [0.05, 0.1) is 7.11 Å². The van der Waals surface area contributed by atoms with Crippen molar-refractivity contribution in [3.63, 3.8) is 0 Å². The van der Waals surface area contributed by atoms with Crippen LogP contribution in [0.4, 0.5) is 0 Å². The molecule has 0 aliphatic heterocycles. The molecule has 2 aromatic rings. The molecule has 0 bridgehead atoms. The van der Waals surface area contributed by atoms with Crippen LogP contribution in [0, 0.1) is 13.8 Å². The summed E-state index contributed by atoms with van der Waals surface area (Å²) in [6, 6.07) is 11.0. The lowest BCUT2D eigenvalue weighted by Gasteiger charge is -2.27. The molecule has 1 atom stereocenters. The van der Waals surface area contributed by atoms with Crippen molar-refractivity contribution in [3.05, 3.63) is 58.2 Å². The molecule has 2 aromatic carbocycles. The lowest BCUT2D eigenvalue weighted by molar-refractivity contribution is 0.410. The fraction of sp³-hybridized carbons (Fsp3) is 0.333. The number of hydrogen-bond acceptors (Lipinski definition) is 1. The summed E-state index contributed by atoms with van der Waals surface area (Å²) in [7, 11) is -0.158. The molecule has 126 valence electrons. The van der Waals surface area contributed by atoms with Gasteiger partial charge in [-0.05, 0) is 43.5 Å². The summed E-state index contributed by atoms with van der Waals surface area (Å²) < 4.78 is 5.70. The van der Waals surface area contributed by atoms with Crippen molar-refractivity contribution in [2.75, 3.05) is 7.11 Å². The predicted octanol–water partition coefficient (Wildman–Crippen LogP) is 6.46. The molecular weight excluding hydrogens is 332 g/mol. The third-order valence-corrected chi connectivity index (χ3v) is 7.57. The number of methoxy groups -OCH3 is 1. The molecule has 0 aromatic heterocycles. The molecule has 3 rings (SSSR count). The first-order valence-electron chi connectivity index (χ1n) is 8.39. The monoisotopic (exact) mass is 356 g/mol. The third kappa shape index (κ3) is 2.93. The van der Waals surface area contributed by atoms with Crippen LogP contribution in [-0.4, -0.2) is 14.5 Å². The Bertz CT molecular complexity index is 810. The van der Waals surface area contributed by atoms with E-state index < -0.39 is 7.38 Å². The van der Waals surface area contributed by atoms with Crippen molar-refractivity contribution in [2.45, 2.75) is 39.4 Å². The first-order valence-corrected chi connectivity index (χ1v) is 12.5. The number of benzene rings is 2. The summed E-state index contributed by atoms with van der Waals surface area (Å²) >= 11 is 6.88. The van der Waals surface area contributed by atoms with Gasteiger partial charge >= 0.3 is 0 Å². The number of rotatable bonds is 3. The molecule has 1 aliphatic carbocycles. The molecule has 24 heavy (non-hydrogen) atoms. The van der Waals surface area contributed by atoms with Crippen molar-refractivity contribution in [3.8, 4) is 16.9 Å². The summed E-state index contributed by atoms with van der Waals surface area (Å²) in [5, 5.41) is 0. The Balaban J connectivity index is 2.28. The number of hydrogen-bond donors (Lipinski definition) is 0. The van der Waals surface area contributed by atoms with Crippen LogP contribution in [0.1, 0.15) is 34.7 Å². The Morgan fingerprint density at radius 2 is 1.62 bits per heavy atom. The maximum absolute atomic E-state index is 6.88. The highest BCUT2D eigenvalue weighted by molar-refractivity contribution is 7.20. The van der Waals surface area contributed by atoms with Crippen LogP contribution < -0.4 is 4.74 Å². The molecule has 1 unspecified atom stereocenters. The van der Waals surface area contributed by atoms with E-state index in [1.165, 1.54) is 39.0 Å². The number of ether oxygens (including phenoxy) is 1. The third-order valence-electron chi connectivity index (χ3n) is 4.80. The minimum absolute atomic E-state index is 0.301. The molecule has 0 spiro atoms. The summed E-state index contributed by atoms with van der Waals surface area (Å²) in [5.74, 6) is 0.956. The van der Waals surface area contributed by atoms with Crippen LogP contribution in [0.5, 0.6) is 5.75 Å². The van der Waals surface area contributed by atoms with Crippen LogP contribution in [0.2, 0.25) is 13.1 Å². The minimum Gasteiger partial charge on any atom is -0.496 e. The molecule has 0 heterocycles. The second-order valence-electron chi connectivity index (χ2n) is 7.40. The molecule has 1 nitrogen and oxygen atoms in total. The molecular formula is C21H25ClOSi. The molecule has 1 aliphatic rings. The number of halogens is 1. The standard InChI is InChI=1S/C21H25ClOSi/c1-13-9-14(2)11-16(10-13)17-7-8-19(23-4)20-18(17)12-15(3)21(20)24(5,6)22/h7-12,21H,1-6H3. The maximum atomic E-state index is 6.88. The number of aryl methyl sites for hydroxylation is 2. The summed E-state index contributed by atoms with van der Waals surface area (Å²) in [6.45, 7) is 10.9. The van der Waals surface area contributed by atoms with Gasteiger partial charge in [-0.1, -0.05) is 60.1 Å². The van der Waals surface area contributed by atoms with Gasteiger partial charge in [0.2, 0.25) is 0 Å². The predicted molar refractivity (Wildman–Crippen MR) is 108 cm³/mol. The topological polar surface area (TPSA) is 9.23 Å². The zero-order valence-corrected chi connectivity index (χ0v) is 17.1. The number of allylic oxidation sites excluding steroid dienone is 1. The van der Waals surface area contributed by atoms with Crippen molar-refractivity contribution in [1.29, 1.82) is 0 Å². The van der Waals surface area contributed by atoms with E-state index in [0.717, 1.165) is 5.75 Å². The van der Waals surface area contributed by atoms with E-state index in [0.29, 0.717) is 5.54 Å². The Hall–Kier alpha value is -1.51. The summed E-state index contributed by atoms with van der Waals surface area (Å²) in [4.78, 5) is 0. The average Bonchev–Trinajstić information content (AvgIpc) is 2.81. The smallest absolute Gasteiger partial charge is 0.161 e. The van der Waals surface area contributed by atoms with Crippen molar-refractivity contribution in [2.24, 2.45) is 0 Å². The lowest BCUT2D eigenvalue weighted by atomic mass is 9.94. The molecule has 0 radical (unpaired) electrons. The number of fused-ring (bicyclic) bond motifs is 1. The Kier molecular flexibility index (Phi) is 4.39. The summed E-state index contributed by atoms with van der Waals surface area (Å²) in [6.07, 6.45) is 2.31. The summed E-state index contributed by atoms with van der Waals surface area (Å²) in [5.41, 5.74) is 9.33. The van der Waals surface area contributed by atoms with Gasteiger partial charge in [-0.15, -0.1) is 0 Å². The van der Waals surface area contributed by atoms with Gasteiger partial charge < -0.3 is 4.74 Å². The van der Waals surface area contributed by atoms with Crippen LogP contribution >= 0.6 is 11.1 Å². The van der Waals surface area contributed by atoms with E-state index in [-0.39, 0.29) is 0 Å². The van der Waals surface area contributed by atoms with Gasteiger partial charge in [0.25, 0.3) is 0 Å². The largest absolute Gasteiger partial charge is 0.496 e. The molecule has 0 N–H and O–H groups in total. The van der Waals surface area contributed by atoms with E-state index in [9.17, 15) is 0 Å². The normalized spacial score (nSPS) is 16.8. The first kappa shape index (κ1) is 17.3. The Labute approximate surface area is 151 Å². The van der Waals surface area contributed by atoms with Gasteiger partial charge in [-0.25, -0.2) is 0 Å². The van der Waals surface area contributed by atoms with Gasteiger partial charge in [-0.3, -0.25) is 0 Å². The minimum atomic E-state index is -1.91. The molecule has 0 amide bonds. The lowest BCUT2D eigenvalue weighted by Crippen LogP contribution is -2.28. The average molecular weight is 357 g/mol. The fourth-order valence-corrected chi connectivity index (χ4v) is 7.05. The highest BCUT2D eigenvalue weighted by atomic mass is 35.6. The van der Waals surface area contributed by atoms with E-state index in [4.69, 9.17) is 15.8 Å². The van der Waals surface area contributed by atoms with Gasteiger partial charge in [0.15, 0.2) is 7.38 Å². The zero-order chi connectivity index (χ0) is 17.6. The van der Waals surface area contributed by atoms with E-state index in [2.05, 4.69) is 70.3 Å². The van der Waals surface area contributed by atoms with Crippen LogP contribution in [0.15, 0.2) is 35.9 Å². The van der Waals surface area contributed by atoms with Gasteiger partial charge in [-0.2, -0.15) is 11.1 Å². The van der Waals surface area contributed by atoms with Crippen LogP contribution in [0.25, 0.3) is 17.2 Å². The SMILES string of the molecule is COc1ccc(-c2cc(C)cc(C)c2)c2c1C([Si](C)(C)Cl)C(C)=C2. The Morgan fingerprint density at radius 3 is 2.17 bits per heavy atom. The van der Waals surface area contributed by atoms with Crippen LogP contribution in [0.3, 0.4) is 0 Å². The fourth-order valence-electron chi connectivity index (χ4n) is 4.05. The molecule has 0 saturated carbocycles. The second-order valence-corrected chi connectivity index (χ2v) is 14.0. The molecule has 3 heteroatoms. The van der Waals surface area contributed by atoms with Crippen LogP contribution in [-0.2, 0) is 0 Å². The highest BCUT2D eigenvalue weighted by Gasteiger charge is 2.39. The quantitative estimate of drug-likeness (QED) is 0.452. The van der Waals surface area contributed by atoms with Crippen molar-refractivity contribution >= 4 is 24.5 Å². The van der Waals surface area contributed by atoms with E-state index in [1.54, 1.807) is 7.11 Å². The maximum Gasteiger partial charge on any atom is 0.161 e. The van der Waals surface area contributed by atoms with Gasteiger partial charge in [0.1, 0.15) is 5.75 Å². The van der Waals surface area contributed by atoms with E-state index >= 15 is 0 Å². The molecule has 0 fully saturated rings. The Morgan fingerprint density at radius 1 is 1.00 bits per heavy atom. The highest BCUT2D eigenvalue weighted by Crippen LogP contribution is 2.50. The zero-order valence-electron chi connectivity index (χ0n) is 15.3. The van der Waals surface area contributed by atoms with Gasteiger partial charge in [0, 0.05) is 11.1 Å². The second kappa shape index (κ2) is 6.09. The van der Waals surface area contributed by atoms with Crippen molar-refractivity contribution in [1.82, 2.24) is 0 Å². The first-order chi connectivity index (χ1) is 11.2. The molecule has 0 saturated heterocycles. The van der Waals surface area contributed by atoms with E-state index in [1.807, 2.05) is 0 Å². The van der Waals surface area contributed by atoms with Crippen molar-refractivity contribution < 1.29 is 4.74 Å².